The number of nitro groups is 1. The number of fused-ring (bicyclic) bond motifs is 1. The van der Waals surface area contributed by atoms with E-state index in [1.165, 1.54) is 12.2 Å². The van der Waals surface area contributed by atoms with Crippen LogP contribution in [0.4, 0.5) is 5.69 Å². The first-order chi connectivity index (χ1) is 16.5. The average molecular weight is 459 g/mol. The molecular weight excluding hydrogens is 438 g/mol. The molecule has 34 heavy (non-hydrogen) atoms. The summed E-state index contributed by atoms with van der Waals surface area (Å²) in [6.45, 7) is 2.60. The molecule has 9 heteroatoms. The molecule has 2 N–H and O–H groups in total. The van der Waals surface area contributed by atoms with Crippen molar-refractivity contribution >= 4 is 28.6 Å². The van der Waals surface area contributed by atoms with Gasteiger partial charge in [-0.25, -0.2) is 4.79 Å². The van der Waals surface area contributed by atoms with Crippen LogP contribution in [-0.4, -0.2) is 21.5 Å². The minimum atomic E-state index is -1.07. The molecule has 9 nitrogen and oxygen atoms in total. The third-order valence-corrected chi connectivity index (χ3v) is 5.10. The number of H-pyrrole nitrogens is 2. The van der Waals surface area contributed by atoms with Crippen molar-refractivity contribution in [2.45, 2.75) is 13.5 Å². The summed E-state index contributed by atoms with van der Waals surface area (Å²) >= 11 is 0. The normalized spacial score (nSPS) is 11.1. The SMILES string of the molecule is CCOc1cc(/C=C\c2[nH]c(=O)[nH]c(=O)c2[N+](=O)[O-])ccc1OCc1cccc2ccccc12. The van der Waals surface area contributed by atoms with Crippen molar-refractivity contribution < 1.29 is 14.4 Å². The second-order valence-electron chi connectivity index (χ2n) is 7.33. The molecule has 0 aliphatic carbocycles. The van der Waals surface area contributed by atoms with Crippen LogP contribution in [0.3, 0.4) is 0 Å². The van der Waals surface area contributed by atoms with Crippen molar-refractivity contribution in [3.63, 3.8) is 0 Å². The zero-order valence-electron chi connectivity index (χ0n) is 18.2. The highest BCUT2D eigenvalue weighted by molar-refractivity contribution is 5.85. The summed E-state index contributed by atoms with van der Waals surface area (Å²) in [7, 11) is 0. The Hall–Kier alpha value is -4.66. The highest BCUT2D eigenvalue weighted by atomic mass is 16.6. The molecule has 0 radical (unpaired) electrons. The number of rotatable bonds is 8. The molecule has 3 aromatic carbocycles. The predicted molar refractivity (Wildman–Crippen MR) is 129 cm³/mol. The van der Waals surface area contributed by atoms with Gasteiger partial charge in [-0.2, -0.15) is 0 Å². The van der Waals surface area contributed by atoms with Gasteiger partial charge in [0.05, 0.1) is 11.5 Å². The van der Waals surface area contributed by atoms with Crippen LogP contribution in [0, 0.1) is 10.1 Å². The van der Waals surface area contributed by atoms with E-state index in [1.54, 1.807) is 18.2 Å². The quantitative estimate of drug-likeness (QED) is 0.299. The van der Waals surface area contributed by atoms with Crippen LogP contribution in [0.1, 0.15) is 23.7 Å². The Labute approximate surface area is 193 Å². The lowest BCUT2D eigenvalue weighted by atomic mass is 10.1. The molecule has 1 heterocycles. The van der Waals surface area contributed by atoms with E-state index in [-0.39, 0.29) is 5.69 Å². The van der Waals surface area contributed by atoms with Gasteiger partial charge in [0.2, 0.25) is 0 Å². The van der Waals surface area contributed by atoms with Crippen molar-refractivity contribution in [2.75, 3.05) is 6.61 Å². The van der Waals surface area contributed by atoms with Crippen LogP contribution in [0.15, 0.2) is 70.3 Å². The minimum absolute atomic E-state index is 0.201. The molecule has 0 spiro atoms. The van der Waals surface area contributed by atoms with E-state index < -0.39 is 21.9 Å². The minimum Gasteiger partial charge on any atom is -0.490 e. The van der Waals surface area contributed by atoms with E-state index in [1.807, 2.05) is 54.4 Å². The number of ether oxygens (including phenoxy) is 2. The third kappa shape index (κ3) is 4.88. The molecule has 172 valence electrons. The zero-order chi connectivity index (χ0) is 24.1. The lowest BCUT2D eigenvalue weighted by Gasteiger charge is -2.14. The summed E-state index contributed by atoms with van der Waals surface area (Å²) in [6, 6.07) is 19.3. The number of nitrogens with one attached hydrogen (secondary N) is 2. The van der Waals surface area contributed by atoms with Gasteiger partial charge in [-0.1, -0.05) is 54.6 Å². The van der Waals surface area contributed by atoms with Gasteiger partial charge >= 0.3 is 16.9 Å². The Balaban J connectivity index is 1.60. The Kier molecular flexibility index (Phi) is 6.54. The highest BCUT2D eigenvalue weighted by Gasteiger charge is 2.18. The van der Waals surface area contributed by atoms with Crippen LogP contribution in [0.2, 0.25) is 0 Å². The predicted octanol–water partition coefficient (Wildman–Crippen LogP) is 4.27. The first-order valence-corrected chi connectivity index (χ1v) is 10.5. The van der Waals surface area contributed by atoms with Crippen molar-refractivity contribution in [3.05, 3.63) is 108 Å². The molecule has 0 saturated heterocycles. The summed E-state index contributed by atoms with van der Waals surface area (Å²) < 4.78 is 11.8. The van der Waals surface area contributed by atoms with E-state index in [0.717, 1.165) is 16.3 Å². The van der Waals surface area contributed by atoms with Gasteiger partial charge < -0.3 is 14.5 Å². The van der Waals surface area contributed by atoms with Gasteiger partial charge in [-0.05, 0) is 47.0 Å². The van der Waals surface area contributed by atoms with Gasteiger partial charge in [0.15, 0.2) is 11.5 Å². The van der Waals surface area contributed by atoms with E-state index in [4.69, 9.17) is 9.47 Å². The molecule has 0 aliphatic heterocycles. The molecule has 0 atom stereocenters. The summed E-state index contributed by atoms with van der Waals surface area (Å²) in [6.07, 6.45) is 2.84. The van der Waals surface area contributed by atoms with E-state index in [2.05, 4.69) is 4.98 Å². The van der Waals surface area contributed by atoms with Gasteiger partial charge in [0.25, 0.3) is 0 Å². The van der Waals surface area contributed by atoms with Gasteiger partial charge in [0.1, 0.15) is 12.3 Å². The standard InChI is InChI=1S/C25H21N3O6/c1-2-33-22-14-16(10-12-20-23(28(31)32)24(29)27-25(30)26-20)11-13-21(22)34-15-18-8-5-7-17-6-3-4-9-19(17)18/h3-14H,2,15H2,1H3,(H2,26,27,29,30)/b12-10-. The first-order valence-electron chi connectivity index (χ1n) is 10.5. The van der Waals surface area contributed by atoms with Crippen LogP contribution >= 0.6 is 0 Å². The molecule has 0 amide bonds. The maximum Gasteiger partial charge on any atom is 0.357 e. The molecule has 1 aromatic heterocycles. The summed E-state index contributed by atoms with van der Waals surface area (Å²) in [5.41, 5.74) is -1.17. The van der Waals surface area contributed by atoms with E-state index in [0.29, 0.717) is 30.3 Å². The average Bonchev–Trinajstić information content (AvgIpc) is 2.81. The van der Waals surface area contributed by atoms with Gasteiger partial charge in [0, 0.05) is 0 Å². The Morgan fingerprint density at radius 2 is 1.74 bits per heavy atom. The molecule has 0 saturated carbocycles. The fraction of sp³-hybridized carbons (Fsp3) is 0.120. The fourth-order valence-corrected chi connectivity index (χ4v) is 3.57. The van der Waals surface area contributed by atoms with Crippen molar-refractivity contribution in [1.82, 2.24) is 9.97 Å². The topological polar surface area (TPSA) is 127 Å². The molecule has 0 unspecified atom stereocenters. The maximum atomic E-state index is 11.8. The first kappa shape index (κ1) is 22.5. The number of hydrogen-bond donors (Lipinski definition) is 2. The van der Waals surface area contributed by atoms with Crippen LogP contribution in [0.25, 0.3) is 22.9 Å². The van der Waals surface area contributed by atoms with E-state index in [9.17, 15) is 19.7 Å². The summed E-state index contributed by atoms with van der Waals surface area (Å²) in [5.74, 6) is 1.04. The van der Waals surface area contributed by atoms with Gasteiger partial charge in [-0.15, -0.1) is 0 Å². The second kappa shape index (κ2) is 9.86. The molecule has 0 bridgehead atoms. The maximum absolute atomic E-state index is 11.8. The monoisotopic (exact) mass is 459 g/mol. The van der Waals surface area contributed by atoms with Crippen molar-refractivity contribution in [2.24, 2.45) is 0 Å². The van der Waals surface area contributed by atoms with Crippen molar-refractivity contribution in [1.29, 1.82) is 0 Å². The Morgan fingerprint density at radius 1 is 0.941 bits per heavy atom. The van der Waals surface area contributed by atoms with Crippen molar-refractivity contribution in [3.8, 4) is 11.5 Å². The summed E-state index contributed by atoms with van der Waals surface area (Å²) in [5, 5.41) is 13.4. The van der Waals surface area contributed by atoms with Crippen LogP contribution < -0.4 is 20.7 Å². The molecule has 4 rings (SSSR count). The number of aromatic nitrogens is 2. The molecule has 4 aromatic rings. The highest BCUT2D eigenvalue weighted by Crippen LogP contribution is 2.31. The third-order valence-electron chi connectivity index (χ3n) is 5.10. The molecule has 0 fully saturated rings. The number of aromatic amines is 2. The second-order valence-corrected chi connectivity index (χ2v) is 7.33. The summed E-state index contributed by atoms with van der Waals surface area (Å²) in [4.78, 5) is 37.8. The van der Waals surface area contributed by atoms with Gasteiger partial charge in [-0.3, -0.25) is 19.9 Å². The molecular formula is C25H21N3O6. The number of nitrogens with zero attached hydrogens (tertiary/aromatic N) is 1. The lowest BCUT2D eigenvalue weighted by molar-refractivity contribution is -0.386. The smallest absolute Gasteiger partial charge is 0.357 e. The number of hydrogen-bond acceptors (Lipinski definition) is 6. The Bertz CT molecular complexity index is 1500. The van der Waals surface area contributed by atoms with Crippen LogP contribution in [0.5, 0.6) is 11.5 Å². The fourth-order valence-electron chi connectivity index (χ4n) is 3.57. The lowest BCUT2D eigenvalue weighted by Crippen LogP contribution is -2.25. The zero-order valence-corrected chi connectivity index (χ0v) is 18.2. The van der Waals surface area contributed by atoms with Crippen LogP contribution in [-0.2, 0) is 6.61 Å². The Morgan fingerprint density at radius 3 is 2.53 bits per heavy atom. The molecule has 0 aliphatic rings. The number of benzene rings is 3. The largest absolute Gasteiger partial charge is 0.490 e. The van der Waals surface area contributed by atoms with E-state index >= 15 is 0 Å².